The van der Waals surface area contributed by atoms with Crippen molar-refractivity contribution in [3.8, 4) is 0 Å². The molecule has 5 nitrogen and oxygen atoms in total. The van der Waals surface area contributed by atoms with E-state index in [1.807, 2.05) is 18.2 Å². The van der Waals surface area contributed by atoms with E-state index in [0.29, 0.717) is 5.56 Å². The fraction of sp³-hybridized carbons (Fsp3) is 0.471. The summed E-state index contributed by atoms with van der Waals surface area (Å²) in [5.41, 5.74) is 3.21. The van der Waals surface area contributed by atoms with Crippen LogP contribution in [-0.4, -0.2) is 34.7 Å². The first kappa shape index (κ1) is 13.5. The Morgan fingerprint density at radius 1 is 1.14 bits per heavy atom. The summed E-state index contributed by atoms with van der Waals surface area (Å²) in [6, 6.07) is 5.31. The van der Waals surface area contributed by atoms with E-state index in [9.17, 15) is 14.4 Å². The maximum Gasteiger partial charge on any atom is 0.254 e. The number of amides is 3. The van der Waals surface area contributed by atoms with Crippen LogP contribution in [0.5, 0.6) is 0 Å². The predicted octanol–water partition coefficient (Wildman–Crippen LogP) is 1.20. The topological polar surface area (TPSA) is 66.5 Å². The minimum absolute atomic E-state index is 0.0893. The molecule has 1 saturated heterocycles. The third-order valence-electron chi connectivity index (χ3n) is 4.80. The predicted molar refractivity (Wildman–Crippen MR) is 79.2 cm³/mol. The number of hydrogen-bond donors (Lipinski definition) is 1. The van der Waals surface area contributed by atoms with Gasteiger partial charge in [-0.1, -0.05) is 6.07 Å². The zero-order chi connectivity index (χ0) is 15.3. The van der Waals surface area contributed by atoms with E-state index >= 15 is 0 Å². The van der Waals surface area contributed by atoms with Crippen molar-refractivity contribution < 1.29 is 14.4 Å². The van der Waals surface area contributed by atoms with Crippen molar-refractivity contribution in [3.63, 3.8) is 0 Å². The van der Waals surface area contributed by atoms with Gasteiger partial charge in [-0.15, -0.1) is 0 Å². The minimum atomic E-state index is -0.638. The van der Waals surface area contributed by atoms with Crippen LogP contribution >= 0.6 is 0 Å². The van der Waals surface area contributed by atoms with Crippen molar-refractivity contribution >= 4 is 17.7 Å². The second-order valence-corrected chi connectivity index (χ2v) is 6.41. The van der Waals surface area contributed by atoms with Crippen LogP contribution in [-0.2, 0) is 22.4 Å². The SMILES string of the molecule is O=C1C[C@H](N(C(=O)c2ccc3c(c2)CCC3)C2CC2)C(=O)N1. The maximum atomic E-state index is 12.9. The van der Waals surface area contributed by atoms with E-state index in [2.05, 4.69) is 5.32 Å². The van der Waals surface area contributed by atoms with Crippen LogP contribution in [0.4, 0.5) is 0 Å². The molecule has 4 rings (SSSR count). The normalized spacial score (nSPS) is 23.4. The van der Waals surface area contributed by atoms with Gasteiger partial charge in [0.25, 0.3) is 5.91 Å². The number of imide groups is 1. The standard InChI is InChI=1S/C17H18N2O3/c20-15-9-14(16(21)18-15)19(13-6-7-13)17(22)12-5-4-10-2-1-3-11(10)8-12/h4-5,8,13-14H,1-3,6-7,9H2,(H,18,20,21)/t14-/m0/s1. The molecule has 0 aromatic heterocycles. The Kier molecular flexibility index (Phi) is 3.03. The van der Waals surface area contributed by atoms with Crippen LogP contribution in [0.25, 0.3) is 0 Å². The van der Waals surface area contributed by atoms with Gasteiger partial charge in [-0.25, -0.2) is 0 Å². The molecule has 1 N–H and O–H groups in total. The van der Waals surface area contributed by atoms with E-state index < -0.39 is 6.04 Å². The average molecular weight is 298 g/mol. The maximum absolute atomic E-state index is 12.9. The molecule has 1 heterocycles. The summed E-state index contributed by atoms with van der Waals surface area (Å²) in [7, 11) is 0. The fourth-order valence-corrected chi connectivity index (χ4v) is 3.53. The third-order valence-corrected chi connectivity index (χ3v) is 4.80. The first-order valence-electron chi connectivity index (χ1n) is 7.91. The van der Waals surface area contributed by atoms with Crippen molar-refractivity contribution in [2.24, 2.45) is 0 Å². The number of aryl methyl sites for hydroxylation is 2. The van der Waals surface area contributed by atoms with Crippen LogP contribution in [0.3, 0.4) is 0 Å². The number of carbonyl (C=O) groups excluding carboxylic acids is 3. The first-order valence-corrected chi connectivity index (χ1v) is 7.91. The summed E-state index contributed by atoms with van der Waals surface area (Å²) in [5, 5.41) is 2.31. The molecular formula is C17H18N2O3. The van der Waals surface area contributed by atoms with Gasteiger partial charge in [0.1, 0.15) is 6.04 Å². The number of nitrogens with one attached hydrogen (secondary N) is 1. The number of hydrogen-bond acceptors (Lipinski definition) is 3. The molecule has 1 aliphatic heterocycles. The van der Waals surface area contributed by atoms with Gasteiger partial charge in [0, 0.05) is 11.6 Å². The molecule has 0 bridgehead atoms. The molecule has 5 heteroatoms. The summed E-state index contributed by atoms with van der Waals surface area (Å²) in [4.78, 5) is 37.9. The van der Waals surface area contributed by atoms with Gasteiger partial charge in [0.2, 0.25) is 11.8 Å². The highest BCUT2D eigenvalue weighted by atomic mass is 16.2. The summed E-state index contributed by atoms with van der Waals surface area (Å²) in [5.74, 6) is -0.749. The van der Waals surface area contributed by atoms with Gasteiger partial charge in [0.05, 0.1) is 6.42 Å². The molecular weight excluding hydrogens is 280 g/mol. The monoisotopic (exact) mass is 298 g/mol. The number of carbonyl (C=O) groups is 3. The lowest BCUT2D eigenvalue weighted by atomic mass is 10.0. The summed E-state index contributed by atoms with van der Waals surface area (Å²) in [6.45, 7) is 0. The fourth-order valence-electron chi connectivity index (χ4n) is 3.53. The summed E-state index contributed by atoms with van der Waals surface area (Å²) in [6.07, 6.45) is 5.14. The van der Waals surface area contributed by atoms with Crippen LogP contribution < -0.4 is 5.32 Å². The first-order chi connectivity index (χ1) is 10.6. The Balaban J connectivity index is 1.64. The lowest BCUT2D eigenvalue weighted by molar-refractivity contribution is -0.126. The Bertz CT molecular complexity index is 678. The van der Waals surface area contributed by atoms with Crippen molar-refractivity contribution in [1.29, 1.82) is 0 Å². The number of fused-ring (bicyclic) bond motifs is 1. The zero-order valence-corrected chi connectivity index (χ0v) is 12.3. The van der Waals surface area contributed by atoms with E-state index in [-0.39, 0.29) is 30.2 Å². The van der Waals surface area contributed by atoms with E-state index in [0.717, 1.165) is 32.1 Å². The quantitative estimate of drug-likeness (QED) is 0.853. The molecule has 1 aromatic carbocycles. The van der Waals surface area contributed by atoms with E-state index in [1.165, 1.54) is 11.1 Å². The zero-order valence-electron chi connectivity index (χ0n) is 12.3. The van der Waals surface area contributed by atoms with Crippen molar-refractivity contribution in [2.45, 2.75) is 50.6 Å². The molecule has 1 saturated carbocycles. The van der Waals surface area contributed by atoms with Crippen LogP contribution in [0.15, 0.2) is 18.2 Å². The Labute approximate surface area is 128 Å². The van der Waals surface area contributed by atoms with Crippen molar-refractivity contribution in [2.75, 3.05) is 0 Å². The van der Waals surface area contributed by atoms with Crippen LogP contribution in [0.2, 0.25) is 0 Å². The Morgan fingerprint density at radius 3 is 2.59 bits per heavy atom. The summed E-state index contributed by atoms with van der Waals surface area (Å²) >= 11 is 0. The highest BCUT2D eigenvalue weighted by molar-refractivity contribution is 6.08. The van der Waals surface area contributed by atoms with Gasteiger partial charge >= 0.3 is 0 Å². The Hall–Kier alpha value is -2.17. The number of rotatable bonds is 3. The van der Waals surface area contributed by atoms with Crippen LogP contribution in [0.1, 0.15) is 47.2 Å². The molecule has 0 unspecified atom stereocenters. The molecule has 1 aromatic rings. The molecule has 1 atom stereocenters. The highest BCUT2D eigenvalue weighted by Crippen LogP contribution is 2.33. The second-order valence-electron chi connectivity index (χ2n) is 6.41. The highest BCUT2D eigenvalue weighted by Gasteiger charge is 2.44. The molecule has 3 amide bonds. The number of nitrogens with zero attached hydrogens (tertiary/aromatic N) is 1. The molecule has 3 aliphatic rings. The second kappa shape index (κ2) is 4.93. The van der Waals surface area contributed by atoms with Gasteiger partial charge < -0.3 is 4.90 Å². The van der Waals surface area contributed by atoms with E-state index in [4.69, 9.17) is 0 Å². The molecule has 114 valence electrons. The largest absolute Gasteiger partial charge is 0.323 e. The van der Waals surface area contributed by atoms with Gasteiger partial charge in [-0.05, 0) is 55.4 Å². The number of benzene rings is 1. The van der Waals surface area contributed by atoms with Gasteiger partial charge in [0.15, 0.2) is 0 Å². The average Bonchev–Trinajstić information content (AvgIpc) is 3.11. The lowest BCUT2D eigenvalue weighted by Gasteiger charge is -2.27. The van der Waals surface area contributed by atoms with Crippen LogP contribution in [0, 0.1) is 0 Å². The third kappa shape index (κ3) is 2.21. The van der Waals surface area contributed by atoms with Gasteiger partial charge in [-0.2, -0.15) is 0 Å². The molecule has 22 heavy (non-hydrogen) atoms. The summed E-state index contributed by atoms with van der Waals surface area (Å²) < 4.78 is 0. The van der Waals surface area contributed by atoms with E-state index in [1.54, 1.807) is 4.90 Å². The van der Waals surface area contributed by atoms with Gasteiger partial charge in [-0.3, -0.25) is 19.7 Å². The Morgan fingerprint density at radius 2 is 1.91 bits per heavy atom. The molecule has 2 aliphatic carbocycles. The van der Waals surface area contributed by atoms with Crippen molar-refractivity contribution in [1.82, 2.24) is 10.2 Å². The molecule has 0 radical (unpaired) electrons. The smallest absolute Gasteiger partial charge is 0.254 e. The van der Waals surface area contributed by atoms with Crippen molar-refractivity contribution in [3.05, 3.63) is 34.9 Å². The molecule has 2 fully saturated rings. The minimum Gasteiger partial charge on any atom is -0.323 e. The lowest BCUT2D eigenvalue weighted by Crippen LogP contribution is -2.45. The molecule has 0 spiro atoms.